The number of hydrogen-bond acceptors (Lipinski definition) is 2. The van der Waals surface area contributed by atoms with Crippen LogP contribution in [0.15, 0.2) is 12.2 Å². The lowest BCUT2D eigenvalue weighted by Crippen LogP contribution is -2.10. The second kappa shape index (κ2) is 3.77. The standard InChI is InChI=1S/C8H12N2O/c1-8(2,5-6-9)4-3-7(10)11/h3-4H,5H2,1-2H3,(H2,10,11). The maximum atomic E-state index is 10.3. The van der Waals surface area contributed by atoms with Gasteiger partial charge in [-0.05, 0) is 11.5 Å². The average Bonchev–Trinajstić information content (AvgIpc) is 1.84. The van der Waals surface area contributed by atoms with E-state index in [1.54, 1.807) is 6.08 Å². The van der Waals surface area contributed by atoms with E-state index in [2.05, 4.69) is 0 Å². The number of hydrogen-bond donors (Lipinski definition) is 1. The average molecular weight is 152 g/mol. The van der Waals surface area contributed by atoms with E-state index in [9.17, 15) is 4.79 Å². The number of amides is 1. The summed E-state index contributed by atoms with van der Waals surface area (Å²) < 4.78 is 0. The summed E-state index contributed by atoms with van der Waals surface area (Å²) >= 11 is 0. The fourth-order valence-electron chi connectivity index (χ4n) is 0.570. The highest BCUT2D eigenvalue weighted by Crippen LogP contribution is 2.20. The van der Waals surface area contributed by atoms with Crippen LogP contribution in [0.4, 0.5) is 0 Å². The number of primary amides is 1. The van der Waals surface area contributed by atoms with Crippen LogP contribution >= 0.6 is 0 Å². The molecule has 0 unspecified atom stereocenters. The highest BCUT2D eigenvalue weighted by molar-refractivity contribution is 5.85. The molecule has 3 nitrogen and oxygen atoms in total. The zero-order chi connectivity index (χ0) is 8.91. The molecule has 0 aliphatic heterocycles. The maximum Gasteiger partial charge on any atom is 0.241 e. The van der Waals surface area contributed by atoms with Gasteiger partial charge in [-0.3, -0.25) is 4.79 Å². The predicted molar refractivity (Wildman–Crippen MR) is 42.3 cm³/mol. The number of carbonyl (C=O) groups excluding carboxylic acids is 1. The summed E-state index contributed by atoms with van der Waals surface area (Å²) in [4.78, 5) is 10.3. The Balaban J connectivity index is 4.13. The lowest BCUT2D eigenvalue weighted by molar-refractivity contribution is -0.113. The van der Waals surface area contributed by atoms with E-state index < -0.39 is 5.91 Å². The van der Waals surface area contributed by atoms with Gasteiger partial charge in [-0.25, -0.2) is 0 Å². The molecule has 0 aliphatic rings. The summed E-state index contributed by atoms with van der Waals surface area (Å²) in [6, 6.07) is 2.03. The fourth-order valence-corrected chi connectivity index (χ4v) is 0.570. The van der Waals surface area contributed by atoms with Crippen LogP contribution in [-0.4, -0.2) is 5.91 Å². The Morgan fingerprint density at radius 2 is 2.27 bits per heavy atom. The summed E-state index contributed by atoms with van der Waals surface area (Å²) in [5.74, 6) is -0.476. The van der Waals surface area contributed by atoms with Gasteiger partial charge in [0.25, 0.3) is 0 Å². The molecule has 60 valence electrons. The van der Waals surface area contributed by atoms with Crippen LogP contribution < -0.4 is 5.73 Å². The number of allylic oxidation sites excluding steroid dienone is 1. The molecule has 0 saturated carbocycles. The molecule has 2 N–H and O–H groups in total. The van der Waals surface area contributed by atoms with Gasteiger partial charge in [0.2, 0.25) is 5.91 Å². The summed E-state index contributed by atoms with van der Waals surface area (Å²) in [6.45, 7) is 3.74. The van der Waals surface area contributed by atoms with Crippen molar-refractivity contribution >= 4 is 5.91 Å². The van der Waals surface area contributed by atoms with Crippen LogP contribution in [0.2, 0.25) is 0 Å². The smallest absolute Gasteiger partial charge is 0.241 e. The highest BCUT2D eigenvalue weighted by atomic mass is 16.1. The molecule has 0 fully saturated rings. The fraction of sp³-hybridized carbons (Fsp3) is 0.500. The molecular weight excluding hydrogens is 140 g/mol. The zero-order valence-electron chi connectivity index (χ0n) is 6.79. The van der Waals surface area contributed by atoms with Gasteiger partial charge in [0.05, 0.1) is 6.07 Å². The first-order valence-electron chi connectivity index (χ1n) is 3.33. The number of rotatable bonds is 3. The summed E-state index contributed by atoms with van der Waals surface area (Å²) in [6.07, 6.45) is 3.33. The summed E-state index contributed by atoms with van der Waals surface area (Å²) in [7, 11) is 0. The minimum atomic E-state index is -0.476. The molecule has 0 heterocycles. The quantitative estimate of drug-likeness (QED) is 0.612. The van der Waals surface area contributed by atoms with Crippen LogP contribution in [0.1, 0.15) is 20.3 Å². The van der Waals surface area contributed by atoms with E-state index in [0.717, 1.165) is 0 Å². The normalized spacial score (nSPS) is 11.4. The van der Waals surface area contributed by atoms with Crippen LogP contribution in [0.5, 0.6) is 0 Å². The molecule has 0 radical (unpaired) electrons. The van der Waals surface area contributed by atoms with E-state index in [4.69, 9.17) is 11.0 Å². The first-order valence-corrected chi connectivity index (χ1v) is 3.33. The van der Waals surface area contributed by atoms with Crippen molar-refractivity contribution in [1.29, 1.82) is 5.26 Å². The van der Waals surface area contributed by atoms with Crippen LogP contribution in [-0.2, 0) is 4.79 Å². The lowest BCUT2D eigenvalue weighted by Gasteiger charge is -2.14. The zero-order valence-corrected chi connectivity index (χ0v) is 6.79. The first-order chi connectivity index (χ1) is 4.98. The SMILES string of the molecule is CC(C)(C=CC(N)=O)CC#N. The van der Waals surface area contributed by atoms with E-state index in [1.165, 1.54) is 6.08 Å². The third-order valence-corrected chi connectivity index (χ3v) is 1.23. The predicted octanol–water partition coefficient (Wildman–Crippen LogP) is 0.968. The largest absolute Gasteiger partial charge is 0.366 e. The van der Waals surface area contributed by atoms with E-state index in [1.807, 2.05) is 19.9 Å². The topological polar surface area (TPSA) is 66.9 Å². The third kappa shape index (κ3) is 5.16. The van der Waals surface area contributed by atoms with Gasteiger partial charge in [0.1, 0.15) is 0 Å². The van der Waals surface area contributed by atoms with E-state index >= 15 is 0 Å². The number of carbonyl (C=O) groups is 1. The minimum Gasteiger partial charge on any atom is -0.366 e. The Kier molecular flexibility index (Phi) is 3.32. The van der Waals surface area contributed by atoms with Gasteiger partial charge in [0.15, 0.2) is 0 Å². The van der Waals surface area contributed by atoms with Crippen molar-refractivity contribution < 1.29 is 4.79 Å². The van der Waals surface area contributed by atoms with Crippen molar-refractivity contribution in [2.24, 2.45) is 11.1 Å². The number of nitrogens with two attached hydrogens (primary N) is 1. The minimum absolute atomic E-state index is 0.260. The molecule has 11 heavy (non-hydrogen) atoms. The monoisotopic (exact) mass is 152 g/mol. The van der Waals surface area contributed by atoms with Gasteiger partial charge < -0.3 is 5.73 Å². The van der Waals surface area contributed by atoms with Crippen LogP contribution in [0.3, 0.4) is 0 Å². The maximum absolute atomic E-state index is 10.3. The van der Waals surface area contributed by atoms with Crippen molar-refractivity contribution in [3.63, 3.8) is 0 Å². The molecule has 0 saturated heterocycles. The Bertz CT molecular complexity index is 211. The van der Waals surface area contributed by atoms with Crippen molar-refractivity contribution in [2.45, 2.75) is 20.3 Å². The van der Waals surface area contributed by atoms with Gasteiger partial charge in [-0.2, -0.15) is 5.26 Å². The lowest BCUT2D eigenvalue weighted by atomic mass is 9.90. The van der Waals surface area contributed by atoms with E-state index in [0.29, 0.717) is 6.42 Å². The van der Waals surface area contributed by atoms with Crippen LogP contribution in [0.25, 0.3) is 0 Å². The molecule has 0 spiro atoms. The molecule has 0 atom stereocenters. The summed E-state index contributed by atoms with van der Waals surface area (Å²) in [5.41, 5.74) is 4.63. The van der Waals surface area contributed by atoms with Gasteiger partial charge in [-0.1, -0.05) is 19.9 Å². The Morgan fingerprint density at radius 1 is 1.73 bits per heavy atom. The molecule has 0 aromatic carbocycles. The molecule has 0 bridgehead atoms. The van der Waals surface area contributed by atoms with E-state index in [-0.39, 0.29) is 5.41 Å². The Hall–Kier alpha value is -1.30. The van der Waals surface area contributed by atoms with Gasteiger partial charge in [-0.15, -0.1) is 0 Å². The van der Waals surface area contributed by atoms with Crippen molar-refractivity contribution in [2.75, 3.05) is 0 Å². The van der Waals surface area contributed by atoms with Gasteiger partial charge in [0, 0.05) is 6.42 Å². The number of nitrogens with zero attached hydrogens (tertiary/aromatic N) is 1. The molecule has 1 amide bonds. The highest BCUT2D eigenvalue weighted by Gasteiger charge is 2.12. The van der Waals surface area contributed by atoms with Crippen LogP contribution in [0, 0.1) is 16.7 Å². The van der Waals surface area contributed by atoms with Gasteiger partial charge >= 0.3 is 0 Å². The molecule has 0 rings (SSSR count). The van der Waals surface area contributed by atoms with Crippen molar-refractivity contribution in [1.82, 2.24) is 0 Å². The molecule has 0 aliphatic carbocycles. The first kappa shape index (κ1) is 9.70. The Labute approximate surface area is 66.5 Å². The molecular formula is C8H12N2O. The second-order valence-corrected chi connectivity index (χ2v) is 3.06. The molecule has 0 aromatic heterocycles. The summed E-state index contributed by atoms with van der Waals surface area (Å²) in [5, 5.41) is 8.37. The van der Waals surface area contributed by atoms with Crippen molar-refractivity contribution in [3.8, 4) is 6.07 Å². The number of nitriles is 1. The van der Waals surface area contributed by atoms with Crippen molar-refractivity contribution in [3.05, 3.63) is 12.2 Å². The third-order valence-electron chi connectivity index (χ3n) is 1.23. The Morgan fingerprint density at radius 3 is 2.64 bits per heavy atom. The molecule has 0 aromatic rings. The second-order valence-electron chi connectivity index (χ2n) is 3.06. The molecule has 3 heteroatoms.